The first-order valence-corrected chi connectivity index (χ1v) is 8.88. The molecular weight excluding hydrogens is 421 g/mol. The van der Waals surface area contributed by atoms with Gasteiger partial charge in [-0.1, -0.05) is 27.2 Å². The first-order valence-electron chi connectivity index (χ1n) is 8.88. The molecule has 0 heterocycles. The number of halogens is 1. The third-order valence-electron chi connectivity index (χ3n) is 2.99. The molecule has 24 heavy (non-hydrogen) atoms. The first-order chi connectivity index (χ1) is 11.2. The summed E-state index contributed by atoms with van der Waals surface area (Å²) in [6.07, 6.45) is 3.26. The number of hydrogen-bond donors (Lipinski definition) is 2. The quantitative estimate of drug-likeness (QED) is 0.171. The molecule has 0 atom stereocenters. The van der Waals surface area contributed by atoms with Crippen LogP contribution in [-0.2, 0) is 14.2 Å². The lowest BCUT2D eigenvalue weighted by Gasteiger charge is -2.12. The molecule has 146 valence electrons. The van der Waals surface area contributed by atoms with Gasteiger partial charge in [0, 0.05) is 40.0 Å². The predicted molar refractivity (Wildman–Crippen MR) is 112 cm³/mol. The molecule has 6 nitrogen and oxygen atoms in total. The zero-order valence-electron chi connectivity index (χ0n) is 15.9. The molecule has 0 bridgehead atoms. The summed E-state index contributed by atoms with van der Waals surface area (Å²) in [4.78, 5) is 4.18. The van der Waals surface area contributed by atoms with Crippen LogP contribution in [0, 0.1) is 5.92 Å². The Morgan fingerprint density at radius 3 is 2.12 bits per heavy atom. The second kappa shape index (κ2) is 20.9. The van der Waals surface area contributed by atoms with Gasteiger partial charge in [0.1, 0.15) is 0 Å². The zero-order valence-corrected chi connectivity index (χ0v) is 18.3. The summed E-state index contributed by atoms with van der Waals surface area (Å²) in [5.74, 6) is 1.39. The smallest absolute Gasteiger partial charge is 0.191 e. The van der Waals surface area contributed by atoms with E-state index < -0.39 is 0 Å². The minimum absolute atomic E-state index is 0. The van der Waals surface area contributed by atoms with Crippen molar-refractivity contribution in [2.24, 2.45) is 10.9 Å². The molecule has 2 N–H and O–H groups in total. The number of rotatable bonds is 15. The van der Waals surface area contributed by atoms with E-state index in [1.807, 2.05) is 0 Å². The molecule has 0 amide bonds. The van der Waals surface area contributed by atoms with Crippen molar-refractivity contribution in [3.05, 3.63) is 0 Å². The Morgan fingerprint density at radius 2 is 1.50 bits per heavy atom. The summed E-state index contributed by atoms with van der Waals surface area (Å²) in [6.45, 7) is 12.5. The van der Waals surface area contributed by atoms with Crippen molar-refractivity contribution in [1.29, 1.82) is 0 Å². The standard InChI is InChI=1S/C17H37N3O3.HI/c1-5-6-10-21-13-14-22-12-9-20-17(18-4)19-8-7-11-23-15-16(2)3;/h16H,5-15H2,1-4H3,(H2,18,19,20);1H. The summed E-state index contributed by atoms with van der Waals surface area (Å²) in [7, 11) is 1.77. The molecule has 0 rings (SSSR count). The lowest BCUT2D eigenvalue weighted by atomic mass is 10.2. The van der Waals surface area contributed by atoms with Gasteiger partial charge in [-0.2, -0.15) is 0 Å². The van der Waals surface area contributed by atoms with Crippen molar-refractivity contribution >= 4 is 29.9 Å². The first kappa shape index (κ1) is 26.1. The molecule has 0 aromatic carbocycles. The average Bonchev–Trinajstić information content (AvgIpc) is 2.54. The second-order valence-electron chi connectivity index (χ2n) is 5.83. The summed E-state index contributed by atoms with van der Waals surface area (Å²) in [6, 6.07) is 0. The third kappa shape index (κ3) is 19.9. The van der Waals surface area contributed by atoms with Gasteiger partial charge in [-0.25, -0.2) is 0 Å². The third-order valence-corrected chi connectivity index (χ3v) is 2.99. The maximum absolute atomic E-state index is 5.54. The van der Waals surface area contributed by atoms with Crippen molar-refractivity contribution in [3.8, 4) is 0 Å². The highest BCUT2D eigenvalue weighted by Gasteiger charge is 1.98. The van der Waals surface area contributed by atoms with Crippen LogP contribution in [-0.4, -0.2) is 65.7 Å². The Balaban J connectivity index is 0. The van der Waals surface area contributed by atoms with Crippen LogP contribution in [0.2, 0.25) is 0 Å². The van der Waals surface area contributed by atoms with Gasteiger partial charge in [0.05, 0.1) is 19.8 Å². The van der Waals surface area contributed by atoms with Crippen LogP contribution in [0.3, 0.4) is 0 Å². The van der Waals surface area contributed by atoms with Crippen LogP contribution < -0.4 is 10.6 Å². The van der Waals surface area contributed by atoms with Crippen molar-refractivity contribution in [2.45, 2.75) is 40.0 Å². The number of hydrogen-bond acceptors (Lipinski definition) is 4. The Labute approximate surface area is 165 Å². The van der Waals surface area contributed by atoms with Gasteiger partial charge in [0.2, 0.25) is 0 Å². The Bertz CT molecular complexity index is 280. The number of aliphatic imine (C=N–C) groups is 1. The minimum Gasteiger partial charge on any atom is -0.381 e. The monoisotopic (exact) mass is 459 g/mol. The highest BCUT2D eigenvalue weighted by atomic mass is 127. The van der Waals surface area contributed by atoms with Gasteiger partial charge in [0.15, 0.2) is 5.96 Å². The molecule has 0 aliphatic heterocycles. The van der Waals surface area contributed by atoms with Crippen LogP contribution in [0.4, 0.5) is 0 Å². The van der Waals surface area contributed by atoms with Gasteiger partial charge >= 0.3 is 0 Å². The molecule has 0 aliphatic rings. The molecule has 0 unspecified atom stereocenters. The van der Waals surface area contributed by atoms with Crippen LogP contribution in [0.5, 0.6) is 0 Å². The van der Waals surface area contributed by atoms with E-state index >= 15 is 0 Å². The van der Waals surface area contributed by atoms with Crippen molar-refractivity contribution < 1.29 is 14.2 Å². The fraction of sp³-hybridized carbons (Fsp3) is 0.941. The van der Waals surface area contributed by atoms with E-state index in [-0.39, 0.29) is 24.0 Å². The van der Waals surface area contributed by atoms with E-state index in [1.165, 1.54) is 6.42 Å². The lowest BCUT2D eigenvalue weighted by Crippen LogP contribution is -2.39. The number of guanidine groups is 1. The Hall–Kier alpha value is -0.120. The van der Waals surface area contributed by atoms with Gasteiger partial charge < -0.3 is 24.8 Å². The largest absolute Gasteiger partial charge is 0.381 e. The van der Waals surface area contributed by atoms with E-state index in [0.717, 1.165) is 51.7 Å². The molecule has 0 aromatic rings. The summed E-state index contributed by atoms with van der Waals surface area (Å²) >= 11 is 0. The maximum Gasteiger partial charge on any atom is 0.191 e. The predicted octanol–water partition coefficient (Wildman–Crippen LogP) is 2.67. The summed E-state index contributed by atoms with van der Waals surface area (Å²) in [5, 5.41) is 6.48. The Kier molecular flexibility index (Phi) is 22.8. The van der Waals surface area contributed by atoms with Crippen molar-refractivity contribution in [3.63, 3.8) is 0 Å². The number of nitrogens with zero attached hydrogens (tertiary/aromatic N) is 1. The zero-order chi connectivity index (χ0) is 17.2. The van der Waals surface area contributed by atoms with E-state index in [0.29, 0.717) is 25.7 Å². The molecule has 0 fully saturated rings. The lowest BCUT2D eigenvalue weighted by molar-refractivity contribution is 0.0487. The molecule has 0 saturated carbocycles. The number of ether oxygens (including phenoxy) is 3. The van der Waals surface area contributed by atoms with E-state index in [9.17, 15) is 0 Å². The van der Waals surface area contributed by atoms with Crippen LogP contribution >= 0.6 is 24.0 Å². The number of unbranched alkanes of at least 4 members (excludes halogenated alkanes) is 1. The van der Waals surface area contributed by atoms with Crippen LogP contribution in [0.25, 0.3) is 0 Å². The normalized spacial score (nSPS) is 11.5. The van der Waals surface area contributed by atoms with Gasteiger partial charge in [-0.15, -0.1) is 24.0 Å². The highest BCUT2D eigenvalue weighted by Crippen LogP contribution is 1.92. The second-order valence-corrected chi connectivity index (χ2v) is 5.83. The average molecular weight is 459 g/mol. The number of nitrogens with one attached hydrogen (secondary N) is 2. The van der Waals surface area contributed by atoms with Crippen LogP contribution in [0.1, 0.15) is 40.0 Å². The van der Waals surface area contributed by atoms with Crippen LogP contribution in [0.15, 0.2) is 4.99 Å². The molecule has 0 spiro atoms. The molecule has 0 aromatic heterocycles. The van der Waals surface area contributed by atoms with Gasteiger partial charge in [-0.05, 0) is 18.8 Å². The molecule has 0 aliphatic carbocycles. The molecular formula is C17H38IN3O3. The molecule has 7 heteroatoms. The van der Waals surface area contributed by atoms with Crippen molar-refractivity contribution in [2.75, 3.05) is 59.8 Å². The fourth-order valence-electron chi connectivity index (χ4n) is 1.73. The van der Waals surface area contributed by atoms with Gasteiger partial charge in [0.25, 0.3) is 0 Å². The SMILES string of the molecule is CCCCOCCOCCNC(=NC)NCCCOCC(C)C.I. The van der Waals surface area contributed by atoms with E-state index in [4.69, 9.17) is 14.2 Å². The minimum atomic E-state index is 0. The fourth-order valence-corrected chi connectivity index (χ4v) is 1.73. The summed E-state index contributed by atoms with van der Waals surface area (Å²) in [5.41, 5.74) is 0. The van der Waals surface area contributed by atoms with E-state index in [2.05, 4.69) is 36.4 Å². The molecule has 0 saturated heterocycles. The maximum atomic E-state index is 5.54. The Morgan fingerprint density at radius 1 is 0.875 bits per heavy atom. The summed E-state index contributed by atoms with van der Waals surface area (Å²) < 4.78 is 16.5. The van der Waals surface area contributed by atoms with Gasteiger partial charge in [-0.3, -0.25) is 4.99 Å². The topological polar surface area (TPSA) is 64.1 Å². The van der Waals surface area contributed by atoms with Crippen molar-refractivity contribution in [1.82, 2.24) is 10.6 Å². The van der Waals surface area contributed by atoms with E-state index in [1.54, 1.807) is 7.05 Å². The molecule has 0 radical (unpaired) electrons. The highest BCUT2D eigenvalue weighted by molar-refractivity contribution is 14.0.